The molecule has 2 aliphatic heterocycles. The Morgan fingerprint density at radius 1 is 1.69 bits per heavy atom. The van der Waals surface area contributed by atoms with Gasteiger partial charge in [0.1, 0.15) is 0 Å². The molecule has 0 saturated carbocycles. The van der Waals surface area contributed by atoms with Crippen molar-refractivity contribution >= 4 is 5.91 Å². The topological polar surface area (TPSA) is 87.5 Å². The van der Waals surface area contributed by atoms with Crippen molar-refractivity contribution in [3.63, 3.8) is 0 Å². The first-order chi connectivity index (χ1) is 7.57. The predicted molar refractivity (Wildman–Crippen MR) is 53.5 cm³/mol. The maximum absolute atomic E-state index is 12.0. The van der Waals surface area contributed by atoms with Gasteiger partial charge in [-0.15, -0.1) is 0 Å². The lowest BCUT2D eigenvalue weighted by Crippen LogP contribution is -2.55. The zero-order chi connectivity index (χ0) is 11.8. The number of hydrogen-bond donors (Lipinski definition) is 0. The monoisotopic (exact) mass is 224 g/mol. The summed E-state index contributed by atoms with van der Waals surface area (Å²) in [7, 11) is 0. The molecule has 0 aromatic heterocycles. The van der Waals surface area contributed by atoms with Gasteiger partial charge in [-0.25, -0.2) is 0 Å². The molecule has 2 unspecified atom stereocenters. The third-order valence-corrected chi connectivity index (χ3v) is 2.75. The summed E-state index contributed by atoms with van der Waals surface area (Å²) in [6.07, 6.45) is 2.87. The summed E-state index contributed by atoms with van der Waals surface area (Å²) in [6.45, 7) is 3.35. The molecule has 1 amide bonds. The van der Waals surface area contributed by atoms with Crippen molar-refractivity contribution in [1.29, 1.82) is 0 Å². The van der Waals surface area contributed by atoms with Crippen LogP contribution in [0.1, 0.15) is 13.8 Å². The van der Waals surface area contributed by atoms with E-state index in [2.05, 4.69) is 10.0 Å². The number of amides is 1. The quantitative estimate of drug-likeness (QED) is 0.313. The van der Waals surface area contributed by atoms with Gasteiger partial charge in [0.05, 0.1) is 11.5 Å². The molecule has 2 rings (SSSR count). The Morgan fingerprint density at radius 3 is 3.12 bits per heavy atom. The van der Waals surface area contributed by atoms with Crippen LogP contribution in [0.25, 0.3) is 10.4 Å². The summed E-state index contributed by atoms with van der Waals surface area (Å²) in [4.78, 5) is 19.7. The molecule has 2 aliphatic rings. The van der Waals surface area contributed by atoms with Gasteiger partial charge in [-0.2, -0.15) is 5.06 Å². The number of carbonyl (C=O) groups excluding carboxylic acids is 1. The van der Waals surface area contributed by atoms with Crippen LogP contribution in [0.15, 0.2) is 17.3 Å². The number of nitrogens with zero attached hydrogens (tertiary/aromatic N) is 4. The third-order valence-electron chi connectivity index (χ3n) is 2.75. The molecule has 16 heavy (non-hydrogen) atoms. The maximum Gasteiger partial charge on any atom is 0.257 e. The van der Waals surface area contributed by atoms with Gasteiger partial charge in [0.25, 0.3) is 5.91 Å². The highest BCUT2D eigenvalue weighted by Gasteiger charge is 2.50. The van der Waals surface area contributed by atoms with Gasteiger partial charge in [-0.05, 0) is 25.5 Å². The lowest BCUT2D eigenvalue weighted by molar-refractivity contribution is -0.268. The summed E-state index contributed by atoms with van der Waals surface area (Å²) in [5, 5.41) is 4.33. The summed E-state index contributed by atoms with van der Waals surface area (Å²) in [6, 6.07) is 0. The molecule has 2 bridgehead atoms. The molecule has 7 heteroatoms. The van der Waals surface area contributed by atoms with Crippen LogP contribution in [0.2, 0.25) is 0 Å². The van der Waals surface area contributed by atoms with Gasteiger partial charge in [-0.1, -0.05) is 11.2 Å². The Balaban J connectivity index is 2.15. The Labute approximate surface area is 92.2 Å². The fourth-order valence-corrected chi connectivity index (χ4v) is 1.75. The van der Waals surface area contributed by atoms with E-state index in [1.54, 1.807) is 19.9 Å². The molecule has 0 aromatic rings. The third kappa shape index (κ3) is 1.55. The molecule has 0 aliphatic carbocycles. The first-order valence-electron chi connectivity index (χ1n) is 4.88. The van der Waals surface area contributed by atoms with Gasteiger partial charge >= 0.3 is 0 Å². The Hall–Kier alpha value is -1.56. The van der Waals surface area contributed by atoms with E-state index in [9.17, 15) is 4.79 Å². The molecule has 1 fully saturated rings. The highest BCUT2D eigenvalue weighted by molar-refractivity contribution is 5.83. The normalized spacial score (nSPS) is 30.4. The first-order valence-corrected chi connectivity index (χ1v) is 4.88. The van der Waals surface area contributed by atoms with Gasteiger partial charge in [0.2, 0.25) is 0 Å². The van der Waals surface area contributed by atoms with Crippen molar-refractivity contribution in [2.75, 3.05) is 6.73 Å². The Morgan fingerprint density at radius 2 is 2.44 bits per heavy atom. The van der Waals surface area contributed by atoms with Crippen LogP contribution in [-0.2, 0) is 14.4 Å². The second kappa shape index (κ2) is 3.79. The van der Waals surface area contributed by atoms with Crippen LogP contribution in [0.4, 0.5) is 0 Å². The summed E-state index contributed by atoms with van der Waals surface area (Å²) < 4.78 is 5.56. The van der Waals surface area contributed by atoms with E-state index < -0.39 is 11.6 Å². The standard InChI is InChI=1S/C9H12N4O3/c1-9(2)6-3-4-7(16-6)13(8(9)14)15-5-11-12-10/h3-4,6-7H,5H2,1-2H3. The van der Waals surface area contributed by atoms with Crippen LogP contribution in [0.5, 0.6) is 0 Å². The molecular weight excluding hydrogens is 212 g/mol. The van der Waals surface area contributed by atoms with Crippen LogP contribution < -0.4 is 0 Å². The van der Waals surface area contributed by atoms with E-state index in [0.29, 0.717) is 0 Å². The van der Waals surface area contributed by atoms with E-state index in [1.807, 2.05) is 6.08 Å². The van der Waals surface area contributed by atoms with Crippen LogP contribution >= 0.6 is 0 Å². The number of azide groups is 1. The molecule has 2 atom stereocenters. The van der Waals surface area contributed by atoms with Gasteiger partial charge in [0.15, 0.2) is 13.0 Å². The lowest BCUT2D eigenvalue weighted by Gasteiger charge is -2.41. The minimum Gasteiger partial charge on any atom is -0.344 e. The van der Waals surface area contributed by atoms with Gasteiger partial charge in [-0.3, -0.25) is 9.63 Å². The van der Waals surface area contributed by atoms with E-state index >= 15 is 0 Å². The largest absolute Gasteiger partial charge is 0.344 e. The van der Waals surface area contributed by atoms with Crippen LogP contribution in [0, 0.1) is 5.41 Å². The number of ether oxygens (including phenoxy) is 1. The van der Waals surface area contributed by atoms with E-state index in [-0.39, 0.29) is 18.7 Å². The zero-order valence-corrected chi connectivity index (χ0v) is 9.03. The molecule has 86 valence electrons. The fourth-order valence-electron chi connectivity index (χ4n) is 1.75. The van der Waals surface area contributed by atoms with Crippen molar-refractivity contribution in [3.05, 3.63) is 22.6 Å². The van der Waals surface area contributed by atoms with Crippen molar-refractivity contribution in [2.24, 2.45) is 10.5 Å². The first kappa shape index (κ1) is 10.9. The minimum atomic E-state index is -0.667. The highest BCUT2D eigenvalue weighted by Crippen LogP contribution is 2.38. The number of carbonyl (C=O) groups is 1. The van der Waals surface area contributed by atoms with Crippen LogP contribution in [-0.4, -0.2) is 30.0 Å². The molecule has 0 N–H and O–H groups in total. The van der Waals surface area contributed by atoms with Crippen molar-refractivity contribution in [1.82, 2.24) is 5.06 Å². The molecule has 2 heterocycles. The molecule has 0 radical (unpaired) electrons. The van der Waals surface area contributed by atoms with E-state index in [0.717, 1.165) is 5.06 Å². The van der Waals surface area contributed by atoms with Crippen molar-refractivity contribution in [2.45, 2.75) is 26.2 Å². The highest BCUT2D eigenvalue weighted by atomic mass is 16.7. The van der Waals surface area contributed by atoms with E-state index in [1.165, 1.54) is 0 Å². The number of rotatable bonds is 3. The molecule has 7 nitrogen and oxygen atoms in total. The minimum absolute atomic E-state index is 0.174. The molecule has 0 aromatic carbocycles. The number of fused-ring (bicyclic) bond motifs is 2. The summed E-state index contributed by atoms with van der Waals surface area (Å²) >= 11 is 0. The fraction of sp³-hybridized carbons (Fsp3) is 0.667. The average molecular weight is 224 g/mol. The molecule has 1 saturated heterocycles. The second-order valence-corrected chi connectivity index (χ2v) is 4.17. The second-order valence-electron chi connectivity index (χ2n) is 4.17. The van der Waals surface area contributed by atoms with Gasteiger partial charge in [0, 0.05) is 4.91 Å². The van der Waals surface area contributed by atoms with Gasteiger partial charge < -0.3 is 4.74 Å². The Bertz CT molecular complexity index is 386. The molecular formula is C9H12N4O3. The maximum atomic E-state index is 12.0. The van der Waals surface area contributed by atoms with Crippen molar-refractivity contribution < 1.29 is 14.4 Å². The smallest absolute Gasteiger partial charge is 0.257 e. The predicted octanol–water partition coefficient (Wildman–Crippen LogP) is 1.34. The SMILES string of the molecule is CC1(C)C(=O)N(OCN=[N+]=[N-])C2C=CC1O2. The average Bonchev–Trinajstić information content (AvgIpc) is 2.69. The zero-order valence-electron chi connectivity index (χ0n) is 9.03. The Kier molecular flexibility index (Phi) is 2.59. The number of hydroxylamine groups is 2. The summed E-state index contributed by atoms with van der Waals surface area (Å²) in [5.74, 6) is -0.174. The van der Waals surface area contributed by atoms with Crippen LogP contribution in [0.3, 0.4) is 0 Å². The number of hydrogen-bond acceptors (Lipinski definition) is 4. The van der Waals surface area contributed by atoms with E-state index in [4.69, 9.17) is 15.1 Å². The summed E-state index contributed by atoms with van der Waals surface area (Å²) in [5.41, 5.74) is 7.46. The van der Waals surface area contributed by atoms with Crippen molar-refractivity contribution in [3.8, 4) is 0 Å². The lowest BCUT2D eigenvalue weighted by atomic mass is 9.85. The molecule has 0 spiro atoms.